The molecule has 2 aromatic rings. The molecule has 21 heavy (non-hydrogen) atoms. The monoisotopic (exact) mass is 342 g/mol. The summed E-state index contributed by atoms with van der Waals surface area (Å²) in [4.78, 5) is 0. The first-order valence-corrected chi connectivity index (χ1v) is 7.24. The zero-order chi connectivity index (χ0) is 15.4. The summed E-state index contributed by atoms with van der Waals surface area (Å²) in [5.41, 5.74) is 5.15. The van der Waals surface area contributed by atoms with Gasteiger partial charge in [0.1, 0.15) is 5.75 Å². The van der Waals surface area contributed by atoms with Gasteiger partial charge in [-0.2, -0.15) is 5.10 Å². The van der Waals surface area contributed by atoms with Gasteiger partial charge in [0.05, 0.1) is 28.6 Å². The molecule has 0 fully saturated rings. The van der Waals surface area contributed by atoms with E-state index in [0.717, 1.165) is 17.0 Å². The molecule has 0 radical (unpaired) electrons. The molecule has 1 N–H and O–H groups in total. The minimum atomic E-state index is 0.416. The number of nitrogens with zero attached hydrogens (tertiary/aromatic N) is 1. The first kappa shape index (κ1) is 16.0. The summed E-state index contributed by atoms with van der Waals surface area (Å²) in [5, 5.41) is 5.59. The normalized spacial score (nSPS) is 11.4. The Bertz CT molecular complexity index is 646. The van der Waals surface area contributed by atoms with Crippen molar-refractivity contribution in [2.24, 2.45) is 5.10 Å². The third-order valence-electron chi connectivity index (χ3n) is 2.85. The van der Waals surface area contributed by atoms with Crippen molar-refractivity contribution < 1.29 is 4.74 Å². The molecule has 0 aliphatic heterocycles. The van der Waals surface area contributed by atoms with Crippen LogP contribution < -0.4 is 10.2 Å². The fourth-order valence-electron chi connectivity index (χ4n) is 1.69. The second-order valence-electron chi connectivity index (χ2n) is 4.28. The minimum Gasteiger partial charge on any atom is -0.497 e. The van der Waals surface area contributed by atoms with Crippen LogP contribution in [0.3, 0.4) is 0 Å². The van der Waals surface area contributed by atoms with Gasteiger partial charge in [-0.25, -0.2) is 0 Å². The Balaban J connectivity index is 2.20. The van der Waals surface area contributed by atoms with E-state index in [9.17, 15) is 0 Å². The van der Waals surface area contributed by atoms with Crippen LogP contribution in [0.25, 0.3) is 0 Å². The molecule has 6 heteroatoms. The Kier molecular flexibility index (Phi) is 5.34. The Labute approximate surface area is 138 Å². The van der Waals surface area contributed by atoms with E-state index >= 15 is 0 Å². The van der Waals surface area contributed by atoms with Crippen LogP contribution in [-0.4, -0.2) is 12.8 Å². The molecule has 0 unspecified atom stereocenters. The molecule has 2 rings (SSSR count). The third-order valence-corrected chi connectivity index (χ3v) is 3.66. The highest BCUT2D eigenvalue weighted by Crippen LogP contribution is 2.33. The summed E-state index contributed by atoms with van der Waals surface area (Å²) in [5.74, 6) is 0.795. The zero-order valence-corrected chi connectivity index (χ0v) is 13.7. The number of rotatable bonds is 4. The van der Waals surface area contributed by atoms with E-state index in [2.05, 4.69) is 10.5 Å². The number of benzene rings is 2. The number of ether oxygens (including phenoxy) is 1. The van der Waals surface area contributed by atoms with E-state index in [1.807, 2.05) is 31.2 Å². The molecular formula is C15H13Cl3N2O. The number of methoxy groups -OCH3 is 1. The number of hydrogen-bond acceptors (Lipinski definition) is 3. The van der Waals surface area contributed by atoms with Crippen LogP contribution in [0.2, 0.25) is 15.1 Å². The lowest BCUT2D eigenvalue weighted by atomic mass is 10.1. The van der Waals surface area contributed by atoms with E-state index < -0.39 is 0 Å². The molecule has 0 aromatic heterocycles. The van der Waals surface area contributed by atoms with E-state index in [0.29, 0.717) is 20.8 Å². The van der Waals surface area contributed by atoms with Crippen LogP contribution in [0.1, 0.15) is 12.5 Å². The van der Waals surface area contributed by atoms with Gasteiger partial charge in [-0.1, -0.05) is 34.8 Å². The molecular weight excluding hydrogens is 331 g/mol. The number of hydrogen-bond donors (Lipinski definition) is 1. The highest BCUT2D eigenvalue weighted by atomic mass is 35.5. The van der Waals surface area contributed by atoms with Crippen molar-refractivity contribution in [2.75, 3.05) is 12.5 Å². The number of nitrogens with one attached hydrogen (secondary N) is 1. The van der Waals surface area contributed by atoms with Gasteiger partial charge in [0.25, 0.3) is 0 Å². The summed E-state index contributed by atoms with van der Waals surface area (Å²) in [6.07, 6.45) is 0. The van der Waals surface area contributed by atoms with E-state index in [1.54, 1.807) is 19.2 Å². The minimum absolute atomic E-state index is 0.416. The summed E-state index contributed by atoms with van der Waals surface area (Å²) >= 11 is 18.0. The Morgan fingerprint density at radius 2 is 1.62 bits per heavy atom. The second-order valence-corrected chi connectivity index (χ2v) is 5.53. The van der Waals surface area contributed by atoms with Gasteiger partial charge in [-0.05, 0) is 48.9 Å². The topological polar surface area (TPSA) is 33.6 Å². The lowest BCUT2D eigenvalue weighted by Crippen LogP contribution is -2.00. The molecule has 3 nitrogen and oxygen atoms in total. The van der Waals surface area contributed by atoms with Gasteiger partial charge in [-0.3, -0.25) is 5.43 Å². The van der Waals surface area contributed by atoms with E-state index in [-0.39, 0.29) is 0 Å². The van der Waals surface area contributed by atoms with Crippen molar-refractivity contribution in [3.05, 3.63) is 57.0 Å². The zero-order valence-electron chi connectivity index (χ0n) is 11.5. The van der Waals surface area contributed by atoms with Crippen molar-refractivity contribution in [3.8, 4) is 5.75 Å². The van der Waals surface area contributed by atoms with Crippen molar-refractivity contribution in [2.45, 2.75) is 6.92 Å². The van der Waals surface area contributed by atoms with Crippen molar-refractivity contribution in [3.63, 3.8) is 0 Å². The van der Waals surface area contributed by atoms with Crippen LogP contribution in [0, 0.1) is 0 Å². The summed E-state index contributed by atoms with van der Waals surface area (Å²) in [6, 6.07) is 10.8. The lowest BCUT2D eigenvalue weighted by Gasteiger charge is -2.08. The van der Waals surface area contributed by atoms with E-state index in [1.165, 1.54) is 0 Å². The van der Waals surface area contributed by atoms with Crippen LogP contribution >= 0.6 is 34.8 Å². The largest absolute Gasteiger partial charge is 0.497 e. The summed E-state index contributed by atoms with van der Waals surface area (Å²) in [7, 11) is 1.63. The number of anilines is 1. The second kappa shape index (κ2) is 7.03. The Hall–Kier alpha value is -1.42. The average Bonchev–Trinajstić information content (AvgIpc) is 2.46. The molecule has 0 saturated heterocycles. The molecule has 2 aromatic carbocycles. The van der Waals surface area contributed by atoms with Crippen LogP contribution in [0.4, 0.5) is 5.69 Å². The predicted octanol–water partition coefficient (Wildman–Crippen LogP) is 5.49. The van der Waals surface area contributed by atoms with Crippen LogP contribution in [0.15, 0.2) is 41.5 Å². The predicted molar refractivity (Wildman–Crippen MR) is 90.3 cm³/mol. The van der Waals surface area contributed by atoms with Crippen molar-refractivity contribution in [1.29, 1.82) is 0 Å². The van der Waals surface area contributed by atoms with Gasteiger partial charge in [0, 0.05) is 5.02 Å². The number of halogens is 3. The molecule has 0 spiro atoms. The molecule has 0 bridgehead atoms. The molecule has 0 aliphatic carbocycles. The Morgan fingerprint density at radius 3 is 2.14 bits per heavy atom. The maximum absolute atomic E-state index is 6.09. The van der Waals surface area contributed by atoms with Crippen LogP contribution in [-0.2, 0) is 0 Å². The van der Waals surface area contributed by atoms with Crippen molar-refractivity contribution >= 4 is 46.2 Å². The quantitative estimate of drug-likeness (QED) is 0.588. The van der Waals surface area contributed by atoms with Gasteiger partial charge in [-0.15, -0.1) is 0 Å². The molecule has 0 saturated carbocycles. The molecule has 0 amide bonds. The highest BCUT2D eigenvalue weighted by molar-refractivity contribution is 6.41. The maximum Gasteiger partial charge on any atom is 0.118 e. The lowest BCUT2D eigenvalue weighted by molar-refractivity contribution is 0.415. The van der Waals surface area contributed by atoms with Gasteiger partial charge in [0.15, 0.2) is 0 Å². The molecule has 110 valence electrons. The molecule has 0 heterocycles. The molecule has 0 atom stereocenters. The fraction of sp³-hybridized carbons (Fsp3) is 0.133. The smallest absolute Gasteiger partial charge is 0.118 e. The molecule has 0 aliphatic rings. The van der Waals surface area contributed by atoms with Crippen LogP contribution in [0.5, 0.6) is 5.75 Å². The number of hydrazone groups is 1. The summed E-state index contributed by atoms with van der Waals surface area (Å²) in [6.45, 7) is 1.88. The average molecular weight is 344 g/mol. The third kappa shape index (κ3) is 4.03. The highest BCUT2D eigenvalue weighted by Gasteiger charge is 2.07. The summed E-state index contributed by atoms with van der Waals surface area (Å²) < 4.78 is 5.12. The van der Waals surface area contributed by atoms with Gasteiger partial charge < -0.3 is 4.74 Å². The maximum atomic E-state index is 6.09. The fourth-order valence-corrected chi connectivity index (χ4v) is 2.59. The van der Waals surface area contributed by atoms with E-state index in [4.69, 9.17) is 39.5 Å². The van der Waals surface area contributed by atoms with Gasteiger partial charge >= 0.3 is 0 Å². The standard InChI is InChI=1S/C15H13Cl3N2O/c1-9(10-3-5-12(21-2)6-4-10)19-20-15-13(17)7-11(16)8-14(15)18/h3-8,20H,1-2H3/b19-9+. The van der Waals surface area contributed by atoms with Crippen molar-refractivity contribution in [1.82, 2.24) is 0 Å². The van der Waals surface area contributed by atoms with Gasteiger partial charge in [0.2, 0.25) is 0 Å². The first-order valence-electron chi connectivity index (χ1n) is 6.10. The first-order chi connectivity index (χ1) is 10.0. The Morgan fingerprint density at radius 1 is 1.05 bits per heavy atom. The SMILES string of the molecule is COc1ccc(/C(C)=N/Nc2c(Cl)cc(Cl)cc2Cl)cc1.